The molecule has 1 unspecified atom stereocenters. The molecule has 1 aromatic carbocycles. The number of amides is 2. The van der Waals surface area contributed by atoms with E-state index in [0.717, 1.165) is 32.1 Å². The van der Waals surface area contributed by atoms with E-state index in [1.165, 1.54) is 0 Å². The van der Waals surface area contributed by atoms with Gasteiger partial charge in [0.1, 0.15) is 5.92 Å². The summed E-state index contributed by atoms with van der Waals surface area (Å²) in [6, 6.07) is 8.74. The Hall–Kier alpha value is -2.25. The number of hydrogen-bond acceptors (Lipinski definition) is 5. The van der Waals surface area contributed by atoms with Gasteiger partial charge in [0, 0.05) is 12.0 Å². The molecule has 6 N–H and O–H groups in total. The molecule has 2 amide bonds. The highest BCUT2D eigenvalue weighted by atomic mass is 16.2. The molecule has 1 rings (SSSR count). The zero-order valence-corrected chi connectivity index (χ0v) is 13.8. The summed E-state index contributed by atoms with van der Waals surface area (Å²) >= 11 is 0. The topological polar surface area (TPSA) is 127 Å². The van der Waals surface area contributed by atoms with Crippen LogP contribution in [0.5, 0.6) is 0 Å². The number of unbranched alkanes of at least 4 members (excludes halogenated alkanes) is 4. The van der Waals surface area contributed by atoms with Crippen molar-refractivity contribution in [3.05, 3.63) is 35.9 Å². The van der Waals surface area contributed by atoms with Gasteiger partial charge in [-0.15, -0.1) is 0 Å². The van der Waals surface area contributed by atoms with Gasteiger partial charge in [-0.2, -0.15) is 0 Å². The maximum Gasteiger partial charge on any atom is 0.244 e. The molecule has 1 aromatic rings. The van der Waals surface area contributed by atoms with Gasteiger partial charge in [0.15, 0.2) is 5.78 Å². The maximum absolute atomic E-state index is 12.4. The minimum Gasteiger partial charge on any atom is -0.294 e. The molecule has 1 atom stereocenters. The molecule has 0 saturated heterocycles. The number of carbonyl (C=O) groups is 3. The summed E-state index contributed by atoms with van der Waals surface area (Å²) < 4.78 is 0. The predicted molar refractivity (Wildman–Crippen MR) is 91.2 cm³/mol. The minimum absolute atomic E-state index is 0.164. The molecule has 0 aliphatic heterocycles. The van der Waals surface area contributed by atoms with Crippen molar-refractivity contribution in [1.29, 1.82) is 0 Å². The van der Waals surface area contributed by atoms with Crippen LogP contribution in [0.15, 0.2) is 30.3 Å². The zero-order valence-electron chi connectivity index (χ0n) is 13.8. The average Bonchev–Trinajstić information content (AvgIpc) is 2.63. The van der Waals surface area contributed by atoms with Crippen molar-refractivity contribution < 1.29 is 14.4 Å². The summed E-state index contributed by atoms with van der Waals surface area (Å²) in [7, 11) is 0. The van der Waals surface area contributed by atoms with Crippen LogP contribution >= 0.6 is 0 Å². The van der Waals surface area contributed by atoms with E-state index in [4.69, 9.17) is 11.7 Å². The van der Waals surface area contributed by atoms with Gasteiger partial charge in [-0.25, -0.2) is 11.7 Å². The third kappa shape index (κ3) is 6.89. The Labute approximate surface area is 142 Å². The van der Waals surface area contributed by atoms with Crippen LogP contribution in [0.3, 0.4) is 0 Å². The molecule has 7 nitrogen and oxygen atoms in total. The molecule has 0 heterocycles. The number of nitrogens with one attached hydrogen (secondary N) is 2. The predicted octanol–water partition coefficient (Wildman–Crippen LogP) is 1.20. The summed E-state index contributed by atoms with van der Waals surface area (Å²) in [5.41, 5.74) is 4.69. The largest absolute Gasteiger partial charge is 0.294 e. The lowest BCUT2D eigenvalue weighted by Gasteiger charge is -2.14. The van der Waals surface area contributed by atoms with E-state index in [0.29, 0.717) is 18.4 Å². The summed E-state index contributed by atoms with van der Waals surface area (Å²) in [5.74, 6) is 8.61. The summed E-state index contributed by atoms with van der Waals surface area (Å²) in [4.78, 5) is 35.3. The first kappa shape index (κ1) is 19.8. The number of ketones is 1. The van der Waals surface area contributed by atoms with Gasteiger partial charge in [0.25, 0.3) is 0 Å². The van der Waals surface area contributed by atoms with Crippen LogP contribution in [0.25, 0.3) is 0 Å². The van der Waals surface area contributed by atoms with E-state index in [1.807, 2.05) is 6.07 Å². The first-order valence-electron chi connectivity index (χ1n) is 8.19. The zero-order chi connectivity index (χ0) is 17.8. The van der Waals surface area contributed by atoms with Crippen LogP contribution in [0.2, 0.25) is 0 Å². The molecule has 0 fully saturated rings. The van der Waals surface area contributed by atoms with E-state index in [2.05, 4.69) is 10.9 Å². The van der Waals surface area contributed by atoms with E-state index < -0.39 is 11.8 Å². The molecule has 24 heavy (non-hydrogen) atoms. The number of hydrazine groups is 2. The van der Waals surface area contributed by atoms with Crippen LogP contribution in [0, 0.1) is 5.92 Å². The third-order valence-corrected chi connectivity index (χ3v) is 3.89. The molecule has 0 radical (unpaired) electrons. The molecular formula is C17H26N4O3. The quantitative estimate of drug-likeness (QED) is 0.121. The van der Waals surface area contributed by atoms with Crippen molar-refractivity contribution >= 4 is 17.6 Å². The number of carbonyl (C=O) groups excluding carboxylic acids is 3. The van der Waals surface area contributed by atoms with E-state index in [1.54, 1.807) is 24.3 Å². The monoisotopic (exact) mass is 334 g/mol. The van der Waals surface area contributed by atoms with Gasteiger partial charge in [0.05, 0.1) is 0 Å². The molecule has 7 heteroatoms. The lowest BCUT2D eigenvalue weighted by atomic mass is 9.91. The van der Waals surface area contributed by atoms with Crippen molar-refractivity contribution in [2.75, 3.05) is 0 Å². The Morgan fingerprint density at radius 3 is 2.12 bits per heavy atom. The fraction of sp³-hybridized carbons (Fsp3) is 0.471. The van der Waals surface area contributed by atoms with Crippen molar-refractivity contribution in [3.8, 4) is 0 Å². The number of Topliss-reactive ketones (excluding diaryl/α,β-unsaturated/α-hetero) is 1. The lowest BCUT2D eigenvalue weighted by Crippen LogP contribution is -2.39. The van der Waals surface area contributed by atoms with Gasteiger partial charge in [-0.3, -0.25) is 25.2 Å². The smallest absolute Gasteiger partial charge is 0.244 e. The SMILES string of the molecule is NNC(=O)CCCCCCCC(C(=O)NN)C(=O)c1ccccc1. The molecule has 0 spiro atoms. The molecular weight excluding hydrogens is 308 g/mol. The highest BCUT2D eigenvalue weighted by Crippen LogP contribution is 2.17. The van der Waals surface area contributed by atoms with Crippen LogP contribution in [-0.2, 0) is 9.59 Å². The molecule has 0 aliphatic carbocycles. The Kier molecular flexibility index (Phi) is 9.33. The third-order valence-electron chi connectivity index (χ3n) is 3.89. The molecule has 0 saturated carbocycles. The van der Waals surface area contributed by atoms with Gasteiger partial charge >= 0.3 is 0 Å². The normalized spacial score (nSPS) is 11.6. The summed E-state index contributed by atoms with van der Waals surface area (Å²) in [5, 5.41) is 0. The Bertz CT molecular complexity index is 534. The highest BCUT2D eigenvalue weighted by molar-refractivity contribution is 6.09. The van der Waals surface area contributed by atoms with E-state index in [-0.39, 0.29) is 11.7 Å². The van der Waals surface area contributed by atoms with Crippen molar-refractivity contribution in [2.45, 2.75) is 44.9 Å². The Morgan fingerprint density at radius 1 is 0.875 bits per heavy atom. The number of hydrogen-bond donors (Lipinski definition) is 4. The maximum atomic E-state index is 12.4. The standard InChI is InChI=1S/C17H26N4O3/c18-20-15(22)12-8-3-1-2-7-11-14(17(24)21-19)16(23)13-9-5-4-6-10-13/h4-6,9-10,14H,1-3,7-8,11-12,18-19H2,(H,20,22)(H,21,24). The Morgan fingerprint density at radius 2 is 1.50 bits per heavy atom. The highest BCUT2D eigenvalue weighted by Gasteiger charge is 2.26. The molecule has 0 bridgehead atoms. The average molecular weight is 334 g/mol. The first-order chi connectivity index (χ1) is 11.6. The second-order valence-corrected chi connectivity index (χ2v) is 5.67. The van der Waals surface area contributed by atoms with E-state index in [9.17, 15) is 14.4 Å². The van der Waals surface area contributed by atoms with Gasteiger partial charge in [-0.1, -0.05) is 56.0 Å². The fourth-order valence-electron chi connectivity index (χ4n) is 2.52. The lowest BCUT2D eigenvalue weighted by molar-refractivity contribution is -0.124. The van der Waals surface area contributed by atoms with Gasteiger partial charge < -0.3 is 0 Å². The van der Waals surface area contributed by atoms with E-state index >= 15 is 0 Å². The van der Waals surface area contributed by atoms with Crippen LogP contribution in [0.1, 0.15) is 55.3 Å². The second-order valence-electron chi connectivity index (χ2n) is 5.67. The van der Waals surface area contributed by atoms with Gasteiger partial charge in [-0.05, 0) is 12.8 Å². The second kappa shape index (κ2) is 11.3. The first-order valence-corrected chi connectivity index (χ1v) is 8.19. The number of benzene rings is 1. The molecule has 0 aliphatic rings. The van der Waals surface area contributed by atoms with Crippen molar-refractivity contribution in [3.63, 3.8) is 0 Å². The van der Waals surface area contributed by atoms with Crippen LogP contribution in [-0.4, -0.2) is 17.6 Å². The molecule has 132 valence electrons. The van der Waals surface area contributed by atoms with Crippen molar-refractivity contribution in [1.82, 2.24) is 10.9 Å². The van der Waals surface area contributed by atoms with Crippen molar-refractivity contribution in [2.24, 2.45) is 17.6 Å². The Balaban J connectivity index is 2.38. The minimum atomic E-state index is -0.764. The van der Waals surface area contributed by atoms with Crippen LogP contribution in [0.4, 0.5) is 0 Å². The molecule has 0 aromatic heterocycles. The fourth-order valence-corrected chi connectivity index (χ4v) is 2.52. The number of nitrogens with two attached hydrogens (primary N) is 2. The number of rotatable bonds is 11. The summed E-state index contributed by atoms with van der Waals surface area (Å²) in [6.45, 7) is 0. The summed E-state index contributed by atoms with van der Waals surface area (Å²) in [6.07, 6.45) is 5.14. The van der Waals surface area contributed by atoms with Gasteiger partial charge in [0.2, 0.25) is 11.8 Å². The van der Waals surface area contributed by atoms with Crippen LogP contribution < -0.4 is 22.5 Å².